The molecule has 8 nitrogen and oxygen atoms in total. The van der Waals surface area contributed by atoms with Gasteiger partial charge in [-0.15, -0.1) is 0 Å². The maximum atomic E-state index is 12.5. The van der Waals surface area contributed by atoms with Crippen molar-refractivity contribution in [3.05, 3.63) is 41.6 Å². The molecule has 2 heterocycles. The highest BCUT2D eigenvalue weighted by Crippen LogP contribution is 2.28. The van der Waals surface area contributed by atoms with Crippen LogP contribution in [-0.2, 0) is 6.54 Å². The Hall–Kier alpha value is -2.71. The number of carbonyl (C=O) groups is 1. The molecule has 0 spiro atoms. The summed E-state index contributed by atoms with van der Waals surface area (Å²) in [4.78, 5) is 22.6. The van der Waals surface area contributed by atoms with Crippen molar-refractivity contribution in [2.45, 2.75) is 32.5 Å². The summed E-state index contributed by atoms with van der Waals surface area (Å²) in [6.45, 7) is 3.68. The quantitative estimate of drug-likeness (QED) is 0.655. The number of carbonyl (C=O) groups excluding carboxylic acids is 1. The fraction of sp³-hybridized carbons (Fsp3) is 0.353. The molecule has 0 saturated heterocycles. The van der Waals surface area contributed by atoms with Crippen molar-refractivity contribution in [2.24, 2.45) is 0 Å². The van der Waals surface area contributed by atoms with E-state index in [1.807, 2.05) is 31.2 Å². The van der Waals surface area contributed by atoms with Crippen molar-refractivity contribution in [1.29, 1.82) is 0 Å². The van der Waals surface area contributed by atoms with Crippen LogP contribution in [0.1, 0.15) is 18.1 Å². The Morgan fingerprint density at radius 2 is 2.16 bits per heavy atom. The van der Waals surface area contributed by atoms with Crippen LogP contribution in [0.5, 0.6) is 0 Å². The first-order chi connectivity index (χ1) is 12.0. The SMILES string of the molecule is Cc1ccccc1N1Cc2cnc(N[C@H](C)[C@@H](O)CO)nc2NC1=O. The summed E-state index contributed by atoms with van der Waals surface area (Å²) in [6.07, 6.45) is 0.721. The normalized spacial score (nSPS) is 16.0. The van der Waals surface area contributed by atoms with Crippen molar-refractivity contribution < 1.29 is 15.0 Å². The van der Waals surface area contributed by atoms with Crippen LogP contribution in [0.4, 0.5) is 22.2 Å². The number of aliphatic hydroxyl groups excluding tert-OH is 2. The molecule has 132 valence electrons. The summed E-state index contributed by atoms with van der Waals surface area (Å²) in [5.41, 5.74) is 2.64. The number of anilines is 3. The summed E-state index contributed by atoms with van der Waals surface area (Å²) in [7, 11) is 0. The molecule has 1 aromatic heterocycles. The van der Waals surface area contributed by atoms with Crippen LogP contribution >= 0.6 is 0 Å². The number of amides is 2. The number of benzene rings is 1. The molecule has 0 aliphatic carbocycles. The van der Waals surface area contributed by atoms with E-state index in [9.17, 15) is 9.90 Å². The molecule has 0 unspecified atom stereocenters. The number of nitrogens with zero attached hydrogens (tertiary/aromatic N) is 3. The minimum atomic E-state index is -0.925. The number of aliphatic hydroxyl groups is 2. The lowest BCUT2D eigenvalue weighted by molar-refractivity contribution is 0.0837. The number of hydrogen-bond acceptors (Lipinski definition) is 6. The van der Waals surface area contributed by atoms with E-state index in [-0.39, 0.29) is 18.6 Å². The second kappa shape index (κ2) is 7.04. The first-order valence-corrected chi connectivity index (χ1v) is 8.05. The Bertz CT molecular complexity index is 783. The molecule has 1 aliphatic heterocycles. The van der Waals surface area contributed by atoms with E-state index >= 15 is 0 Å². The Balaban J connectivity index is 1.81. The van der Waals surface area contributed by atoms with Crippen LogP contribution in [0.25, 0.3) is 0 Å². The Morgan fingerprint density at radius 1 is 1.40 bits per heavy atom. The van der Waals surface area contributed by atoms with Gasteiger partial charge in [0.15, 0.2) is 0 Å². The lowest BCUT2D eigenvalue weighted by atomic mass is 10.1. The first-order valence-electron chi connectivity index (χ1n) is 8.05. The Labute approximate surface area is 145 Å². The highest BCUT2D eigenvalue weighted by Gasteiger charge is 2.26. The van der Waals surface area contributed by atoms with E-state index in [0.717, 1.165) is 16.8 Å². The van der Waals surface area contributed by atoms with Crippen LogP contribution in [0, 0.1) is 6.92 Å². The standard InChI is InChI=1S/C17H21N5O3/c1-10-5-3-4-6-13(10)22-8-12-7-18-16(19-11(2)14(24)9-23)20-15(12)21-17(22)25/h3-7,11,14,23-24H,8-9H2,1-2H3,(H2,18,19,20,21,25)/t11-,14+/m1/s1. The minimum absolute atomic E-state index is 0.255. The molecule has 1 aliphatic rings. The first kappa shape index (κ1) is 17.1. The molecule has 0 bridgehead atoms. The molecule has 2 aromatic rings. The monoisotopic (exact) mass is 343 g/mol. The molecular weight excluding hydrogens is 322 g/mol. The molecule has 2 atom stereocenters. The minimum Gasteiger partial charge on any atom is -0.394 e. The van der Waals surface area contributed by atoms with Gasteiger partial charge in [-0.25, -0.2) is 9.78 Å². The van der Waals surface area contributed by atoms with Gasteiger partial charge in [0.1, 0.15) is 5.82 Å². The average molecular weight is 343 g/mol. The van der Waals surface area contributed by atoms with Crippen LogP contribution < -0.4 is 15.5 Å². The number of para-hydroxylation sites is 1. The fourth-order valence-electron chi connectivity index (χ4n) is 2.63. The second-order valence-corrected chi connectivity index (χ2v) is 6.05. The lowest BCUT2D eigenvalue weighted by Gasteiger charge is -2.30. The number of aryl methyl sites for hydroxylation is 1. The van der Waals surface area contributed by atoms with E-state index < -0.39 is 12.1 Å². The third-order valence-electron chi connectivity index (χ3n) is 4.19. The van der Waals surface area contributed by atoms with Crippen molar-refractivity contribution >= 4 is 23.5 Å². The predicted molar refractivity (Wildman–Crippen MR) is 94.6 cm³/mol. The maximum absolute atomic E-state index is 12.5. The van der Waals surface area contributed by atoms with Crippen molar-refractivity contribution in [3.8, 4) is 0 Å². The molecule has 25 heavy (non-hydrogen) atoms. The zero-order valence-electron chi connectivity index (χ0n) is 14.1. The van der Waals surface area contributed by atoms with Gasteiger partial charge in [-0.2, -0.15) is 4.98 Å². The molecule has 3 rings (SSSR count). The molecular formula is C17H21N5O3. The Kier molecular flexibility index (Phi) is 4.82. The van der Waals surface area contributed by atoms with E-state index in [0.29, 0.717) is 12.4 Å². The van der Waals surface area contributed by atoms with Gasteiger partial charge < -0.3 is 15.5 Å². The van der Waals surface area contributed by atoms with Gasteiger partial charge in [-0.3, -0.25) is 10.2 Å². The van der Waals surface area contributed by atoms with Crippen molar-refractivity contribution in [2.75, 3.05) is 22.1 Å². The maximum Gasteiger partial charge on any atom is 0.327 e. The third kappa shape index (κ3) is 3.54. The molecule has 0 saturated carbocycles. The smallest absolute Gasteiger partial charge is 0.327 e. The largest absolute Gasteiger partial charge is 0.394 e. The summed E-state index contributed by atoms with van der Waals surface area (Å²) < 4.78 is 0. The number of nitrogens with one attached hydrogen (secondary N) is 2. The zero-order valence-corrected chi connectivity index (χ0v) is 14.1. The second-order valence-electron chi connectivity index (χ2n) is 6.05. The van der Waals surface area contributed by atoms with E-state index in [1.165, 1.54) is 0 Å². The van der Waals surface area contributed by atoms with Gasteiger partial charge in [0, 0.05) is 17.4 Å². The van der Waals surface area contributed by atoms with Gasteiger partial charge in [0.25, 0.3) is 0 Å². The molecule has 0 radical (unpaired) electrons. The van der Waals surface area contributed by atoms with Crippen LogP contribution in [-0.4, -0.2) is 45.0 Å². The topological polar surface area (TPSA) is 111 Å². The fourth-order valence-corrected chi connectivity index (χ4v) is 2.63. The van der Waals surface area contributed by atoms with Gasteiger partial charge in [-0.05, 0) is 25.5 Å². The molecule has 1 aromatic carbocycles. The number of urea groups is 1. The van der Waals surface area contributed by atoms with Gasteiger partial charge in [-0.1, -0.05) is 18.2 Å². The summed E-state index contributed by atoms with van der Waals surface area (Å²) >= 11 is 0. The zero-order chi connectivity index (χ0) is 18.0. The van der Waals surface area contributed by atoms with E-state index in [1.54, 1.807) is 18.0 Å². The van der Waals surface area contributed by atoms with Crippen molar-refractivity contribution in [1.82, 2.24) is 9.97 Å². The molecule has 2 amide bonds. The average Bonchev–Trinajstić information content (AvgIpc) is 2.61. The van der Waals surface area contributed by atoms with Crippen molar-refractivity contribution in [3.63, 3.8) is 0 Å². The number of aromatic nitrogens is 2. The van der Waals surface area contributed by atoms with Gasteiger partial charge in [0.05, 0.1) is 25.3 Å². The summed E-state index contributed by atoms with van der Waals surface area (Å²) in [5, 5.41) is 24.3. The number of rotatable bonds is 5. The highest BCUT2D eigenvalue weighted by atomic mass is 16.3. The van der Waals surface area contributed by atoms with Crippen LogP contribution in [0.15, 0.2) is 30.5 Å². The highest BCUT2D eigenvalue weighted by molar-refractivity contribution is 6.04. The summed E-state index contributed by atoms with van der Waals surface area (Å²) in [6, 6.07) is 6.99. The molecule has 0 fully saturated rings. The van der Waals surface area contributed by atoms with E-state index in [2.05, 4.69) is 20.6 Å². The number of fused-ring (bicyclic) bond motifs is 1. The summed E-state index contributed by atoms with van der Waals surface area (Å²) in [5.74, 6) is 0.724. The molecule has 8 heteroatoms. The Morgan fingerprint density at radius 3 is 2.88 bits per heavy atom. The van der Waals surface area contributed by atoms with Gasteiger partial charge >= 0.3 is 6.03 Å². The van der Waals surface area contributed by atoms with Crippen LogP contribution in [0.2, 0.25) is 0 Å². The van der Waals surface area contributed by atoms with E-state index in [4.69, 9.17) is 5.11 Å². The lowest BCUT2D eigenvalue weighted by Crippen LogP contribution is -2.40. The number of hydrogen-bond donors (Lipinski definition) is 4. The predicted octanol–water partition coefficient (Wildman–Crippen LogP) is 1.49. The molecule has 4 N–H and O–H groups in total. The van der Waals surface area contributed by atoms with Crippen LogP contribution in [0.3, 0.4) is 0 Å². The van der Waals surface area contributed by atoms with Gasteiger partial charge in [0.2, 0.25) is 5.95 Å². The third-order valence-corrected chi connectivity index (χ3v) is 4.19.